The minimum atomic E-state index is -0.140. The molecule has 1 aromatic heterocycles. The molecule has 0 aliphatic carbocycles. The molecular formula is C17H15ClN2O3. The van der Waals surface area contributed by atoms with Gasteiger partial charge in [-0.25, -0.2) is 4.98 Å². The first-order chi connectivity index (χ1) is 10.9. The van der Waals surface area contributed by atoms with Gasteiger partial charge in [0.1, 0.15) is 11.3 Å². The molecule has 0 saturated heterocycles. The van der Waals surface area contributed by atoms with Crippen molar-refractivity contribution in [1.82, 2.24) is 4.98 Å². The van der Waals surface area contributed by atoms with Gasteiger partial charge in [0.15, 0.2) is 5.58 Å². The Kier molecular flexibility index (Phi) is 3.96. The molecule has 118 valence electrons. The molecule has 0 spiro atoms. The Balaban J connectivity index is 2.01. The molecule has 0 atom stereocenters. The number of benzene rings is 2. The van der Waals surface area contributed by atoms with Crippen LogP contribution in [0.1, 0.15) is 13.8 Å². The van der Waals surface area contributed by atoms with Gasteiger partial charge in [-0.15, -0.1) is 0 Å². The van der Waals surface area contributed by atoms with Crippen molar-refractivity contribution in [2.24, 2.45) is 5.92 Å². The highest BCUT2D eigenvalue weighted by Crippen LogP contribution is 2.33. The predicted octanol–water partition coefficient (Wildman–Crippen LogP) is 4.45. The summed E-state index contributed by atoms with van der Waals surface area (Å²) in [4.78, 5) is 16.1. The Bertz CT molecular complexity index is 887. The third kappa shape index (κ3) is 3.14. The fourth-order valence-corrected chi connectivity index (χ4v) is 2.25. The Morgan fingerprint density at radius 1 is 1.26 bits per heavy atom. The van der Waals surface area contributed by atoms with Crippen LogP contribution in [0.2, 0.25) is 5.02 Å². The number of fused-ring (bicyclic) bond motifs is 1. The Morgan fingerprint density at radius 2 is 2.04 bits per heavy atom. The molecule has 0 radical (unpaired) electrons. The first-order valence-corrected chi connectivity index (χ1v) is 7.52. The number of nitrogens with zero attached hydrogens (tertiary/aromatic N) is 1. The second-order valence-corrected chi connectivity index (χ2v) is 5.94. The standard InChI is InChI=1S/C17H15ClN2O3/c1-9(2)16(22)19-11-4-5-14(21)12(8-11)17-20-13-7-10(18)3-6-15(13)23-17/h3-9,21H,1-2H3,(H,19,22). The lowest BCUT2D eigenvalue weighted by atomic mass is 10.1. The van der Waals surface area contributed by atoms with Gasteiger partial charge >= 0.3 is 0 Å². The maximum atomic E-state index is 11.8. The molecule has 0 saturated carbocycles. The van der Waals surface area contributed by atoms with E-state index in [9.17, 15) is 9.90 Å². The van der Waals surface area contributed by atoms with Crippen molar-refractivity contribution in [2.45, 2.75) is 13.8 Å². The molecular weight excluding hydrogens is 316 g/mol. The number of phenolic OH excluding ortho intramolecular Hbond substituents is 1. The fraction of sp³-hybridized carbons (Fsp3) is 0.176. The van der Waals surface area contributed by atoms with Gasteiger partial charge in [-0.05, 0) is 36.4 Å². The predicted molar refractivity (Wildman–Crippen MR) is 89.6 cm³/mol. The number of hydrogen-bond donors (Lipinski definition) is 2. The number of hydrogen-bond acceptors (Lipinski definition) is 4. The number of carbonyl (C=O) groups excluding carboxylic acids is 1. The van der Waals surface area contributed by atoms with E-state index in [2.05, 4.69) is 10.3 Å². The lowest BCUT2D eigenvalue weighted by Gasteiger charge is -2.09. The first kappa shape index (κ1) is 15.4. The Hall–Kier alpha value is -2.53. The van der Waals surface area contributed by atoms with Crippen molar-refractivity contribution in [1.29, 1.82) is 0 Å². The number of rotatable bonds is 3. The lowest BCUT2D eigenvalue weighted by Crippen LogP contribution is -2.17. The molecule has 5 nitrogen and oxygen atoms in total. The molecule has 0 fully saturated rings. The molecule has 0 bridgehead atoms. The summed E-state index contributed by atoms with van der Waals surface area (Å²) in [7, 11) is 0. The zero-order valence-electron chi connectivity index (χ0n) is 12.6. The summed E-state index contributed by atoms with van der Waals surface area (Å²) in [5.41, 5.74) is 2.14. The molecule has 0 aliphatic heterocycles. The molecule has 0 unspecified atom stereocenters. The van der Waals surface area contributed by atoms with Crippen LogP contribution < -0.4 is 5.32 Å². The number of amides is 1. The monoisotopic (exact) mass is 330 g/mol. The van der Waals surface area contributed by atoms with Crippen LogP contribution in [-0.4, -0.2) is 16.0 Å². The quantitative estimate of drug-likeness (QED) is 0.696. The molecule has 3 aromatic rings. The molecule has 0 aliphatic rings. The van der Waals surface area contributed by atoms with Gasteiger partial charge in [-0.3, -0.25) is 4.79 Å². The average molecular weight is 331 g/mol. The first-order valence-electron chi connectivity index (χ1n) is 7.14. The second-order valence-electron chi connectivity index (χ2n) is 5.51. The molecule has 2 N–H and O–H groups in total. The second kappa shape index (κ2) is 5.93. The lowest BCUT2D eigenvalue weighted by molar-refractivity contribution is -0.118. The van der Waals surface area contributed by atoms with Crippen molar-refractivity contribution < 1.29 is 14.3 Å². The van der Waals surface area contributed by atoms with Gasteiger partial charge < -0.3 is 14.8 Å². The Labute approximate surface area is 137 Å². The maximum Gasteiger partial charge on any atom is 0.231 e. The topological polar surface area (TPSA) is 75.4 Å². The third-order valence-corrected chi connectivity index (χ3v) is 3.60. The van der Waals surface area contributed by atoms with Crippen LogP contribution >= 0.6 is 11.6 Å². The SMILES string of the molecule is CC(C)C(=O)Nc1ccc(O)c(-c2nc3cc(Cl)ccc3o2)c1. The van der Waals surface area contributed by atoms with Gasteiger partial charge in [0, 0.05) is 16.6 Å². The average Bonchev–Trinajstić information content (AvgIpc) is 2.91. The van der Waals surface area contributed by atoms with Gasteiger partial charge in [0.25, 0.3) is 0 Å². The van der Waals surface area contributed by atoms with Gasteiger partial charge in [-0.2, -0.15) is 0 Å². The number of oxazole rings is 1. The van der Waals surface area contributed by atoms with Gasteiger partial charge in [-0.1, -0.05) is 25.4 Å². The highest BCUT2D eigenvalue weighted by Gasteiger charge is 2.15. The summed E-state index contributed by atoms with van der Waals surface area (Å²) < 4.78 is 5.65. The van der Waals surface area contributed by atoms with E-state index in [0.717, 1.165) is 0 Å². The molecule has 23 heavy (non-hydrogen) atoms. The largest absolute Gasteiger partial charge is 0.507 e. The van der Waals surface area contributed by atoms with Crippen molar-refractivity contribution in [2.75, 3.05) is 5.32 Å². The highest BCUT2D eigenvalue weighted by molar-refractivity contribution is 6.31. The van der Waals surface area contributed by atoms with E-state index in [1.54, 1.807) is 44.2 Å². The minimum absolute atomic E-state index is 0.0187. The summed E-state index contributed by atoms with van der Waals surface area (Å²) in [6, 6.07) is 9.85. The van der Waals surface area contributed by atoms with Crippen molar-refractivity contribution >= 4 is 34.3 Å². The van der Waals surface area contributed by atoms with Gasteiger partial charge in [0.05, 0.1) is 5.56 Å². The summed E-state index contributed by atoms with van der Waals surface area (Å²) in [6.45, 7) is 3.61. The molecule has 2 aromatic carbocycles. The van der Waals surface area contributed by atoms with Crippen LogP contribution in [0.25, 0.3) is 22.6 Å². The summed E-state index contributed by atoms with van der Waals surface area (Å²) >= 11 is 5.94. The molecule has 6 heteroatoms. The number of phenols is 1. The number of nitrogens with one attached hydrogen (secondary N) is 1. The van der Waals surface area contributed by atoms with Crippen molar-refractivity contribution in [3.63, 3.8) is 0 Å². The number of aromatic hydroxyl groups is 1. The third-order valence-electron chi connectivity index (χ3n) is 3.37. The van der Waals surface area contributed by atoms with Crippen LogP contribution in [-0.2, 0) is 4.79 Å². The maximum absolute atomic E-state index is 11.8. The Morgan fingerprint density at radius 3 is 2.78 bits per heavy atom. The van der Waals surface area contributed by atoms with E-state index in [0.29, 0.717) is 27.4 Å². The molecule has 1 amide bonds. The van der Waals surface area contributed by atoms with Gasteiger partial charge in [0.2, 0.25) is 11.8 Å². The van der Waals surface area contributed by atoms with Crippen LogP contribution in [0.4, 0.5) is 5.69 Å². The minimum Gasteiger partial charge on any atom is -0.507 e. The highest BCUT2D eigenvalue weighted by atomic mass is 35.5. The van der Waals surface area contributed by atoms with Crippen LogP contribution in [0.15, 0.2) is 40.8 Å². The number of halogens is 1. The van der Waals surface area contributed by atoms with Crippen molar-refractivity contribution in [3.05, 3.63) is 41.4 Å². The zero-order chi connectivity index (χ0) is 16.6. The molecule has 1 heterocycles. The number of aromatic nitrogens is 1. The fourth-order valence-electron chi connectivity index (χ4n) is 2.09. The van der Waals surface area contributed by atoms with Crippen LogP contribution in [0.5, 0.6) is 5.75 Å². The summed E-state index contributed by atoms with van der Waals surface area (Å²) in [5, 5.41) is 13.4. The van der Waals surface area contributed by atoms with E-state index in [4.69, 9.17) is 16.0 Å². The number of anilines is 1. The van der Waals surface area contributed by atoms with Crippen LogP contribution in [0.3, 0.4) is 0 Å². The normalized spacial score (nSPS) is 11.1. The van der Waals surface area contributed by atoms with E-state index < -0.39 is 0 Å². The zero-order valence-corrected chi connectivity index (χ0v) is 13.4. The van der Waals surface area contributed by atoms with E-state index >= 15 is 0 Å². The van der Waals surface area contributed by atoms with Crippen molar-refractivity contribution in [3.8, 4) is 17.2 Å². The number of carbonyl (C=O) groups is 1. The summed E-state index contributed by atoms with van der Waals surface area (Å²) in [6.07, 6.45) is 0. The smallest absolute Gasteiger partial charge is 0.231 e. The van der Waals surface area contributed by atoms with E-state index in [-0.39, 0.29) is 23.5 Å². The summed E-state index contributed by atoms with van der Waals surface area (Å²) in [5.74, 6) is 0.0373. The van der Waals surface area contributed by atoms with Crippen LogP contribution in [0, 0.1) is 5.92 Å². The van der Waals surface area contributed by atoms with E-state index in [1.165, 1.54) is 6.07 Å². The molecule has 3 rings (SSSR count). The van der Waals surface area contributed by atoms with E-state index in [1.807, 2.05) is 0 Å².